The van der Waals surface area contributed by atoms with E-state index in [1.165, 1.54) is 5.01 Å². The Morgan fingerprint density at radius 1 is 1.03 bits per heavy atom. The average molecular weight is 406 g/mol. The van der Waals surface area contributed by atoms with Crippen molar-refractivity contribution in [3.63, 3.8) is 0 Å². The van der Waals surface area contributed by atoms with Gasteiger partial charge in [0.15, 0.2) is 5.65 Å². The van der Waals surface area contributed by atoms with Gasteiger partial charge in [-0.3, -0.25) is 0 Å². The maximum atomic E-state index is 12.8. The molecule has 150 valence electrons. The molecule has 0 saturated carbocycles. The number of nitrogens with one attached hydrogen (secondary N) is 1. The maximum Gasteiger partial charge on any atom is 0.342 e. The van der Waals surface area contributed by atoms with E-state index in [1.54, 1.807) is 23.1 Å². The Morgan fingerprint density at radius 3 is 2.84 bits per heavy atom. The zero-order valence-electron chi connectivity index (χ0n) is 16.5. The van der Waals surface area contributed by atoms with Crippen LogP contribution in [0.3, 0.4) is 0 Å². The highest BCUT2D eigenvalue weighted by molar-refractivity contribution is 5.91. The lowest BCUT2D eigenvalue weighted by atomic mass is 10.1. The van der Waals surface area contributed by atoms with Gasteiger partial charge in [0.1, 0.15) is 5.69 Å². The van der Waals surface area contributed by atoms with E-state index in [0.29, 0.717) is 17.8 Å². The summed E-state index contributed by atoms with van der Waals surface area (Å²) < 4.78 is 1.69. The lowest BCUT2D eigenvalue weighted by molar-refractivity contribution is 0.200. The molecule has 7 nitrogen and oxygen atoms in total. The number of hydrogen-bond acceptors (Lipinski definition) is 4. The molecule has 0 saturated heterocycles. The summed E-state index contributed by atoms with van der Waals surface area (Å²) in [4.78, 5) is 17.1. The highest BCUT2D eigenvalue weighted by Crippen LogP contribution is 2.28. The summed E-state index contributed by atoms with van der Waals surface area (Å²) in [6, 6.07) is 20.6. The SMILES string of the molecule is O=C(Nc1cccc(C#Cc2cnc3cccnn23)c1)N1N=CC[C@H]1c1ccccc1. The molecule has 0 bridgehead atoms. The van der Waals surface area contributed by atoms with Crippen molar-refractivity contribution < 1.29 is 4.79 Å². The van der Waals surface area contributed by atoms with Gasteiger partial charge in [0, 0.05) is 30.1 Å². The summed E-state index contributed by atoms with van der Waals surface area (Å²) in [6.07, 6.45) is 5.84. The number of amides is 2. The summed E-state index contributed by atoms with van der Waals surface area (Å²) in [5.74, 6) is 6.20. The molecule has 0 radical (unpaired) electrons. The van der Waals surface area contributed by atoms with Crippen molar-refractivity contribution in [2.24, 2.45) is 5.10 Å². The predicted octanol–water partition coefficient (Wildman–Crippen LogP) is 4.09. The third kappa shape index (κ3) is 3.87. The molecule has 0 fully saturated rings. The van der Waals surface area contributed by atoms with Crippen molar-refractivity contribution in [1.29, 1.82) is 0 Å². The first-order chi connectivity index (χ1) is 15.3. The Hall–Kier alpha value is -4.44. The molecule has 0 spiro atoms. The average Bonchev–Trinajstić information content (AvgIpc) is 3.46. The van der Waals surface area contributed by atoms with Crippen molar-refractivity contribution in [3.8, 4) is 11.8 Å². The molecule has 4 aromatic rings. The molecular formula is C24H18N6O. The molecule has 7 heteroatoms. The Morgan fingerprint density at radius 2 is 1.94 bits per heavy atom. The first kappa shape index (κ1) is 18.6. The van der Waals surface area contributed by atoms with Crippen LogP contribution in [-0.4, -0.2) is 31.9 Å². The summed E-state index contributed by atoms with van der Waals surface area (Å²) in [5.41, 5.74) is 3.92. The lowest BCUT2D eigenvalue weighted by Crippen LogP contribution is -2.31. The van der Waals surface area contributed by atoms with Crippen LogP contribution in [0.4, 0.5) is 10.5 Å². The predicted molar refractivity (Wildman–Crippen MR) is 119 cm³/mol. The zero-order valence-corrected chi connectivity index (χ0v) is 16.5. The fraction of sp³-hybridized carbons (Fsp3) is 0.0833. The Bertz CT molecular complexity index is 1330. The van der Waals surface area contributed by atoms with E-state index in [9.17, 15) is 4.79 Å². The van der Waals surface area contributed by atoms with Gasteiger partial charge in [-0.15, -0.1) is 0 Å². The van der Waals surface area contributed by atoms with Crippen molar-refractivity contribution >= 4 is 23.6 Å². The number of fused-ring (bicyclic) bond motifs is 1. The molecule has 31 heavy (non-hydrogen) atoms. The van der Waals surface area contributed by atoms with Crippen LogP contribution >= 0.6 is 0 Å². The monoisotopic (exact) mass is 406 g/mol. The van der Waals surface area contributed by atoms with E-state index in [1.807, 2.05) is 66.7 Å². The maximum absolute atomic E-state index is 12.8. The van der Waals surface area contributed by atoms with Crippen LogP contribution in [0.2, 0.25) is 0 Å². The minimum atomic E-state index is -0.279. The third-order valence-electron chi connectivity index (χ3n) is 4.95. The summed E-state index contributed by atoms with van der Waals surface area (Å²) in [7, 11) is 0. The molecule has 1 aliphatic rings. The van der Waals surface area contributed by atoms with Gasteiger partial charge in [-0.05, 0) is 41.8 Å². The van der Waals surface area contributed by atoms with Gasteiger partial charge in [0.25, 0.3) is 0 Å². The van der Waals surface area contributed by atoms with Gasteiger partial charge in [0.05, 0.1) is 12.2 Å². The quantitative estimate of drug-likeness (QED) is 0.510. The van der Waals surface area contributed by atoms with Gasteiger partial charge < -0.3 is 5.32 Å². The first-order valence-electron chi connectivity index (χ1n) is 9.86. The second-order valence-corrected chi connectivity index (χ2v) is 7.00. The first-order valence-corrected chi connectivity index (χ1v) is 9.86. The standard InChI is InChI=1S/C24H18N6O/c31-24(30-22(13-15-27-30)19-7-2-1-3-8-19)28-20-9-4-6-18(16-20)11-12-21-17-25-23-10-5-14-26-29(21)23/h1-10,14-17,22H,13H2,(H,28,31)/t22-/m0/s1. The number of anilines is 1. The fourth-order valence-corrected chi connectivity index (χ4v) is 3.47. The second-order valence-electron chi connectivity index (χ2n) is 7.00. The molecule has 5 rings (SSSR count). The van der Waals surface area contributed by atoms with E-state index < -0.39 is 0 Å². The van der Waals surface area contributed by atoms with Gasteiger partial charge in [-0.25, -0.2) is 19.3 Å². The molecule has 2 aromatic heterocycles. The van der Waals surface area contributed by atoms with Crippen LogP contribution in [0, 0.1) is 11.8 Å². The second kappa shape index (κ2) is 8.13. The van der Waals surface area contributed by atoms with Crippen LogP contribution in [0.15, 0.2) is 84.2 Å². The van der Waals surface area contributed by atoms with Crippen LogP contribution in [0.1, 0.15) is 29.3 Å². The minimum absolute atomic E-state index is 0.105. The third-order valence-corrected chi connectivity index (χ3v) is 4.95. The number of carbonyl (C=O) groups excluding carboxylic acids is 1. The topological polar surface area (TPSA) is 74.9 Å². The molecule has 0 aliphatic carbocycles. The summed E-state index contributed by atoms with van der Waals surface area (Å²) in [5, 5.41) is 12.9. The smallest absolute Gasteiger partial charge is 0.306 e. The molecule has 3 heterocycles. The Balaban J connectivity index is 1.33. The lowest BCUT2D eigenvalue weighted by Gasteiger charge is -2.22. The number of nitrogens with zero attached hydrogens (tertiary/aromatic N) is 5. The van der Waals surface area contributed by atoms with E-state index in [2.05, 4.69) is 32.3 Å². The van der Waals surface area contributed by atoms with Gasteiger partial charge >= 0.3 is 6.03 Å². The fourth-order valence-electron chi connectivity index (χ4n) is 3.47. The van der Waals surface area contributed by atoms with Gasteiger partial charge in [-0.2, -0.15) is 10.2 Å². The van der Waals surface area contributed by atoms with Crippen LogP contribution in [-0.2, 0) is 0 Å². The van der Waals surface area contributed by atoms with Crippen molar-refractivity contribution in [2.75, 3.05) is 5.32 Å². The number of urea groups is 1. The van der Waals surface area contributed by atoms with Crippen LogP contribution in [0.25, 0.3) is 5.65 Å². The van der Waals surface area contributed by atoms with Gasteiger partial charge in [-0.1, -0.05) is 42.3 Å². The normalized spacial score (nSPS) is 15.0. The Labute approximate surface area is 179 Å². The number of hydrazone groups is 1. The molecule has 2 aromatic carbocycles. The number of rotatable bonds is 2. The molecule has 1 aliphatic heterocycles. The van der Waals surface area contributed by atoms with Crippen LogP contribution < -0.4 is 5.32 Å². The molecule has 1 N–H and O–H groups in total. The number of aromatic nitrogens is 3. The van der Waals surface area contributed by atoms with E-state index in [0.717, 1.165) is 16.8 Å². The minimum Gasteiger partial charge on any atom is -0.306 e. The van der Waals surface area contributed by atoms with Crippen molar-refractivity contribution in [3.05, 3.63) is 95.9 Å². The summed E-state index contributed by atoms with van der Waals surface area (Å²) >= 11 is 0. The zero-order chi connectivity index (χ0) is 21.0. The Kier molecular flexibility index (Phi) is 4.87. The molecule has 2 amide bonds. The number of benzene rings is 2. The van der Waals surface area contributed by atoms with Gasteiger partial charge in [0.2, 0.25) is 0 Å². The van der Waals surface area contributed by atoms with E-state index in [4.69, 9.17) is 0 Å². The van der Waals surface area contributed by atoms with E-state index >= 15 is 0 Å². The number of carbonyl (C=O) groups is 1. The van der Waals surface area contributed by atoms with Crippen LogP contribution in [0.5, 0.6) is 0 Å². The number of imidazole rings is 1. The van der Waals surface area contributed by atoms with Crippen molar-refractivity contribution in [1.82, 2.24) is 19.6 Å². The summed E-state index contributed by atoms with van der Waals surface area (Å²) in [6.45, 7) is 0. The molecular weight excluding hydrogens is 388 g/mol. The highest BCUT2D eigenvalue weighted by Gasteiger charge is 2.28. The van der Waals surface area contributed by atoms with E-state index in [-0.39, 0.29) is 12.1 Å². The molecule has 1 atom stereocenters. The highest BCUT2D eigenvalue weighted by atomic mass is 16.2. The van der Waals surface area contributed by atoms with Crippen molar-refractivity contribution in [2.45, 2.75) is 12.5 Å². The molecule has 0 unspecified atom stereocenters. The number of hydrogen-bond donors (Lipinski definition) is 1. The largest absolute Gasteiger partial charge is 0.342 e.